The monoisotopic (exact) mass is 359 g/mol. The second-order valence-electron chi connectivity index (χ2n) is 5.64. The average Bonchev–Trinajstić information content (AvgIpc) is 2.64. The number of hydrogen-bond acceptors (Lipinski definition) is 6. The molecule has 0 aliphatic heterocycles. The zero-order valence-electron chi connectivity index (χ0n) is 14.9. The molecule has 0 bridgehead atoms. The van der Waals surface area contributed by atoms with E-state index in [9.17, 15) is 14.9 Å². The van der Waals surface area contributed by atoms with Gasteiger partial charge in [-0.05, 0) is 18.2 Å². The molecule has 0 atom stereocenters. The third kappa shape index (κ3) is 4.85. The Morgan fingerprint density at radius 1 is 1.19 bits per heavy atom. The van der Waals surface area contributed by atoms with Gasteiger partial charge in [-0.1, -0.05) is 6.07 Å². The summed E-state index contributed by atoms with van der Waals surface area (Å²) in [6.45, 7) is 0.511. The Bertz CT molecular complexity index is 792. The van der Waals surface area contributed by atoms with Gasteiger partial charge in [0.05, 0.1) is 24.1 Å². The summed E-state index contributed by atoms with van der Waals surface area (Å²) in [6.07, 6.45) is 0. The zero-order valence-corrected chi connectivity index (χ0v) is 14.9. The Hall–Kier alpha value is -3.29. The standard InChI is InChI=1S/C18H21N3O5/c1-20(2)17-8-7-13(21(23)24)11-16(17)18(22)19-9-10-26-15-6-4-5-14(12-15)25-3/h4-8,11-12H,9-10H2,1-3H3,(H,19,22). The van der Waals surface area contributed by atoms with Crippen LogP contribution in [0, 0.1) is 10.1 Å². The van der Waals surface area contributed by atoms with Gasteiger partial charge < -0.3 is 19.7 Å². The van der Waals surface area contributed by atoms with Crippen molar-refractivity contribution >= 4 is 17.3 Å². The highest BCUT2D eigenvalue weighted by Crippen LogP contribution is 2.24. The molecule has 0 radical (unpaired) electrons. The fourth-order valence-corrected chi connectivity index (χ4v) is 2.33. The van der Waals surface area contributed by atoms with Gasteiger partial charge in [0, 0.05) is 38.0 Å². The molecule has 0 aliphatic carbocycles. The van der Waals surface area contributed by atoms with Gasteiger partial charge in [-0.25, -0.2) is 0 Å². The first-order valence-electron chi connectivity index (χ1n) is 7.93. The number of nitrogens with one attached hydrogen (secondary N) is 1. The highest BCUT2D eigenvalue weighted by molar-refractivity contribution is 6.00. The first-order chi connectivity index (χ1) is 12.4. The van der Waals surface area contributed by atoms with Crippen LogP contribution in [0.3, 0.4) is 0 Å². The number of carbonyl (C=O) groups excluding carboxylic acids is 1. The Morgan fingerprint density at radius 3 is 2.58 bits per heavy atom. The van der Waals surface area contributed by atoms with Crippen molar-refractivity contribution in [1.82, 2.24) is 5.32 Å². The van der Waals surface area contributed by atoms with Gasteiger partial charge in [-0.2, -0.15) is 0 Å². The lowest BCUT2D eigenvalue weighted by Gasteiger charge is -2.17. The fraction of sp³-hybridized carbons (Fsp3) is 0.278. The Morgan fingerprint density at radius 2 is 1.92 bits per heavy atom. The third-order valence-electron chi connectivity index (χ3n) is 3.61. The second-order valence-corrected chi connectivity index (χ2v) is 5.64. The van der Waals surface area contributed by atoms with Gasteiger partial charge in [0.25, 0.3) is 11.6 Å². The second kappa shape index (κ2) is 8.70. The third-order valence-corrected chi connectivity index (χ3v) is 3.61. The maximum atomic E-state index is 12.4. The van der Waals surface area contributed by atoms with Crippen LogP contribution >= 0.6 is 0 Å². The van der Waals surface area contributed by atoms with Crippen LogP contribution in [0.25, 0.3) is 0 Å². The van der Waals surface area contributed by atoms with Gasteiger partial charge in [0.15, 0.2) is 0 Å². The summed E-state index contributed by atoms with van der Waals surface area (Å²) >= 11 is 0. The van der Waals surface area contributed by atoms with Crippen molar-refractivity contribution < 1.29 is 19.2 Å². The van der Waals surface area contributed by atoms with Gasteiger partial charge in [0.2, 0.25) is 0 Å². The summed E-state index contributed by atoms with van der Waals surface area (Å²) < 4.78 is 10.7. The van der Waals surface area contributed by atoms with Crippen LogP contribution in [0.5, 0.6) is 11.5 Å². The van der Waals surface area contributed by atoms with Crippen molar-refractivity contribution in [3.63, 3.8) is 0 Å². The van der Waals surface area contributed by atoms with Crippen LogP contribution in [0.4, 0.5) is 11.4 Å². The van der Waals surface area contributed by atoms with E-state index in [1.807, 2.05) is 0 Å². The molecule has 1 N–H and O–H groups in total. The van der Waals surface area contributed by atoms with Gasteiger partial charge in [0.1, 0.15) is 18.1 Å². The molecule has 0 aromatic heterocycles. The predicted molar refractivity (Wildman–Crippen MR) is 98.2 cm³/mol. The van der Waals surface area contributed by atoms with E-state index in [2.05, 4.69) is 5.32 Å². The largest absolute Gasteiger partial charge is 0.497 e. The number of nitro groups is 1. The Balaban J connectivity index is 1.98. The molecule has 138 valence electrons. The predicted octanol–water partition coefficient (Wildman–Crippen LogP) is 2.48. The number of carbonyl (C=O) groups is 1. The minimum atomic E-state index is -0.526. The van der Waals surface area contributed by atoms with E-state index in [4.69, 9.17) is 9.47 Å². The lowest BCUT2D eigenvalue weighted by atomic mass is 10.1. The smallest absolute Gasteiger partial charge is 0.270 e. The molecule has 0 saturated heterocycles. The lowest BCUT2D eigenvalue weighted by molar-refractivity contribution is -0.384. The Labute approximate surface area is 151 Å². The van der Waals surface area contributed by atoms with Gasteiger partial charge in [-0.15, -0.1) is 0 Å². The number of nitro benzene ring substituents is 1. The first kappa shape index (κ1) is 19.0. The summed E-state index contributed by atoms with van der Waals surface area (Å²) in [7, 11) is 5.11. The molecule has 2 aromatic carbocycles. The maximum absolute atomic E-state index is 12.4. The number of ether oxygens (including phenoxy) is 2. The van der Waals surface area contributed by atoms with Crippen molar-refractivity contribution in [3.05, 3.63) is 58.1 Å². The lowest BCUT2D eigenvalue weighted by Crippen LogP contribution is -2.29. The number of amides is 1. The van der Waals surface area contributed by atoms with Crippen molar-refractivity contribution in [1.29, 1.82) is 0 Å². The molecule has 2 rings (SSSR count). The highest BCUT2D eigenvalue weighted by atomic mass is 16.6. The van der Waals surface area contributed by atoms with E-state index in [1.165, 1.54) is 12.1 Å². The van der Waals surface area contributed by atoms with E-state index in [1.54, 1.807) is 56.4 Å². The quantitative estimate of drug-likeness (QED) is 0.442. The number of hydrogen-bond donors (Lipinski definition) is 1. The summed E-state index contributed by atoms with van der Waals surface area (Å²) in [5.41, 5.74) is 0.709. The molecule has 0 fully saturated rings. The summed E-state index contributed by atoms with van der Waals surface area (Å²) in [4.78, 5) is 24.6. The normalized spacial score (nSPS) is 10.1. The highest BCUT2D eigenvalue weighted by Gasteiger charge is 2.17. The molecule has 0 unspecified atom stereocenters. The van der Waals surface area contributed by atoms with E-state index in [-0.39, 0.29) is 24.4 Å². The number of rotatable bonds is 8. The molecule has 26 heavy (non-hydrogen) atoms. The van der Waals surface area contributed by atoms with E-state index >= 15 is 0 Å². The fourth-order valence-electron chi connectivity index (χ4n) is 2.33. The molecule has 1 amide bonds. The SMILES string of the molecule is COc1cccc(OCCNC(=O)c2cc([N+](=O)[O-])ccc2N(C)C)c1. The molecule has 0 aliphatic rings. The molecular weight excluding hydrogens is 338 g/mol. The number of nitrogens with zero attached hydrogens (tertiary/aromatic N) is 2. The van der Waals surface area contributed by atoms with Crippen LogP contribution in [0.15, 0.2) is 42.5 Å². The zero-order chi connectivity index (χ0) is 19.1. The van der Waals surface area contributed by atoms with Crippen molar-refractivity contribution in [3.8, 4) is 11.5 Å². The molecule has 0 heterocycles. The number of benzene rings is 2. The van der Waals surface area contributed by atoms with E-state index < -0.39 is 10.8 Å². The van der Waals surface area contributed by atoms with Crippen LogP contribution in [-0.4, -0.2) is 45.2 Å². The maximum Gasteiger partial charge on any atom is 0.270 e. The molecule has 0 saturated carbocycles. The van der Waals surface area contributed by atoms with Crippen LogP contribution in [0.1, 0.15) is 10.4 Å². The minimum absolute atomic E-state index is 0.131. The van der Waals surface area contributed by atoms with Crippen LogP contribution < -0.4 is 19.7 Å². The topological polar surface area (TPSA) is 93.9 Å². The van der Waals surface area contributed by atoms with Gasteiger partial charge >= 0.3 is 0 Å². The summed E-state index contributed by atoms with van der Waals surface area (Å²) in [5, 5.41) is 13.7. The summed E-state index contributed by atoms with van der Waals surface area (Å²) in [5.74, 6) is 0.910. The van der Waals surface area contributed by atoms with E-state index in [0.717, 1.165) is 0 Å². The molecule has 8 nitrogen and oxygen atoms in total. The number of methoxy groups -OCH3 is 1. The number of non-ortho nitro benzene ring substituents is 1. The minimum Gasteiger partial charge on any atom is -0.497 e. The van der Waals surface area contributed by atoms with Crippen molar-refractivity contribution in [2.45, 2.75) is 0 Å². The van der Waals surface area contributed by atoms with E-state index in [0.29, 0.717) is 17.2 Å². The molecule has 8 heteroatoms. The first-order valence-corrected chi connectivity index (χ1v) is 7.93. The molecule has 2 aromatic rings. The molecular formula is C18H21N3O5. The van der Waals surface area contributed by atoms with Gasteiger partial charge in [-0.3, -0.25) is 14.9 Å². The summed E-state index contributed by atoms with van der Waals surface area (Å²) in [6, 6.07) is 11.3. The van der Waals surface area contributed by atoms with Crippen molar-refractivity contribution in [2.24, 2.45) is 0 Å². The Kier molecular flexibility index (Phi) is 6.37. The van der Waals surface area contributed by atoms with Crippen LogP contribution in [-0.2, 0) is 0 Å². The number of anilines is 1. The molecule has 0 spiro atoms. The average molecular weight is 359 g/mol. The van der Waals surface area contributed by atoms with Crippen molar-refractivity contribution in [2.75, 3.05) is 39.3 Å². The van der Waals surface area contributed by atoms with Crippen LogP contribution in [0.2, 0.25) is 0 Å².